The first-order chi connectivity index (χ1) is 28.0. The fourth-order valence-corrected chi connectivity index (χ4v) is 5.95. The molecule has 57 heavy (non-hydrogen) atoms. The second-order valence-corrected chi connectivity index (χ2v) is 14.6. The van der Waals surface area contributed by atoms with Crippen molar-refractivity contribution >= 4 is 11.9 Å². The van der Waals surface area contributed by atoms with Crippen molar-refractivity contribution in [3.05, 3.63) is 122 Å². The van der Waals surface area contributed by atoms with Crippen LogP contribution in [-0.2, 0) is 14.3 Å². The summed E-state index contributed by atoms with van der Waals surface area (Å²) in [6.45, 7) is 6.10. The zero-order valence-electron chi connectivity index (χ0n) is 36.2. The number of esters is 1. The lowest BCUT2D eigenvalue weighted by Crippen LogP contribution is -2.46. The Morgan fingerprint density at radius 2 is 0.965 bits per heavy atom. The Bertz CT molecular complexity index is 1250. The van der Waals surface area contributed by atoms with Gasteiger partial charge in [0.05, 0.1) is 25.2 Å². The van der Waals surface area contributed by atoms with E-state index in [1.807, 2.05) is 109 Å². The molecular weight excluding hydrogens is 707 g/mol. The predicted octanol–water partition coefficient (Wildman–Crippen LogP) is 12.9. The highest BCUT2D eigenvalue weighted by molar-refractivity contribution is 5.77. The van der Waals surface area contributed by atoms with E-state index >= 15 is 0 Å². The molecule has 3 atom stereocenters. The van der Waals surface area contributed by atoms with E-state index in [1.165, 1.54) is 70.6 Å². The molecule has 0 bridgehead atoms. The van der Waals surface area contributed by atoms with Crippen LogP contribution in [0.5, 0.6) is 0 Å². The second kappa shape index (κ2) is 43.4. The zero-order valence-corrected chi connectivity index (χ0v) is 36.2. The van der Waals surface area contributed by atoms with Crippen molar-refractivity contribution in [3.63, 3.8) is 0 Å². The summed E-state index contributed by atoms with van der Waals surface area (Å²) >= 11 is 0. The third kappa shape index (κ3) is 38.9. The summed E-state index contributed by atoms with van der Waals surface area (Å²) in [6.07, 6.45) is 60.0. The number of rotatable bonds is 37. The lowest BCUT2D eigenvalue weighted by atomic mass is 10.0. The van der Waals surface area contributed by atoms with E-state index in [-0.39, 0.29) is 31.3 Å². The molecule has 0 aliphatic carbocycles. The fraction of sp³-hybridized carbons (Fsp3) is 0.569. The van der Waals surface area contributed by atoms with Gasteiger partial charge in [-0.15, -0.1) is 0 Å². The standard InChI is InChI=1S/C51H81NO5/c1-4-7-10-13-16-19-22-24-26-28-31-34-37-40-43-49(54)48(46-53)52-50(55)45-47(42-39-36-33-30-27-21-18-15-12-9-6-3)57-51(56)44-41-38-35-32-29-25-23-20-17-14-11-8-5-2/h8-9,11-12,14-15,17-18,20-21,23,25,27,29-30,32-33,35-36,39,47-49,53-54H,4-7,10,13,16,19,22,24,26,28,31,34,37-38,40-46H2,1-3H3,(H,52,55)/b11-8+,12-9+,17-14+,18-15+,23-20-,27-21-,29-25-,33-30-,35-32+,39-36+. The molecule has 0 aromatic heterocycles. The summed E-state index contributed by atoms with van der Waals surface area (Å²) in [5.74, 6) is -0.713. The molecule has 1 amide bonds. The van der Waals surface area contributed by atoms with Gasteiger partial charge in [-0.05, 0) is 32.1 Å². The van der Waals surface area contributed by atoms with Crippen LogP contribution in [0, 0.1) is 0 Å². The van der Waals surface area contributed by atoms with Gasteiger partial charge >= 0.3 is 5.97 Å². The molecule has 3 N–H and O–H groups in total. The SMILES string of the molecule is CC/C=C/C=C/C=C\C=C/C=C/CCCC(=O)OC(C/C=C/C=C\C=C/C=C/C=C/CC)CC(=O)NC(CO)C(O)CCCCCCCCCCCCCCCC. The molecule has 0 aliphatic heterocycles. The Balaban J connectivity index is 4.83. The highest BCUT2D eigenvalue weighted by Crippen LogP contribution is 2.15. The van der Waals surface area contributed by atoms with Crippen molar-refractivity contribution < 1.29 is 24.5 Å². The van der Waals surface area contributed by atoms with Crippen molar-refractivity contribution in [1.82, 2.24) is 5.32 Å². The van der Waals surface area contributed by atoms with Gasteiger partial charge in [-0.2, -0.15) is 0 Å². The molecule has 6 nitrogen and oxygen atoms in total. The number of amides is 1. The van der Waals surface area contributed by atoms with Gasteiger partial charge in [-0.25, -0.2) is 0 Å². The Kier molecular flexibility index (Phi) is 40.5. The number of carbonyl (C=O) groups is 2. The first-order valence-electron chi connectivity index (χ1n) is 22.4. The summed E-state index contributed by atoms with van der Waals surface area (Å²) in [7, 11) is 0. The number of aliphatic hydroxyl groups is 2. The number of unbranched alkanes of at least 4 members (excludes halogenated alkanes) is 14. The minimum atomic E-state index is -0.836. The van der Waals surface area contributed by atoms with Crippen LogP contribution in [0.2, 0.25) is 0 Å². The summed E-state index contributed by atoms with van der Waals surface area (Å²) < 4.78 is 5.76. The molecule has 0 saturated carbocycles. The molecule has 0 heterocycles. The van der Waals surface area contributed by atoms with E-state index in [0.717, 1.165) is 38.5 Å². The highest BCUT2D eigenvalue weighted by atomic mass is 16.5. The Labute approximate surface area is 349 Å². The summed E-state index contributed by atoms with van der Waals surface area (Å²) in [4.78, 5) is 25.9. The maximum absolute atomic E-state index is 13.1. The zero-order chi connectivity index (χ0) is 41.7. The quantitative estimate of drug-likeness (QED) is 0.0331. The molecule has 0 rings (SSSR count). The van der Waals surface area contributed by atoms with Crippen LogP contribution in [0.25, 0.3) is 0 Å². The largest absolute Gasteiger partial charge is 0.461 e. The molecular formula is C51H81NO5. The molecule has 320 valence electrons. The molecule has 6 heteroatoms. The minimum absolute atomic E-state index is 0.0554. The third-order valence-corrected chi connectivity index (χ3v) is 9.29. The van der Waals surface area contributed by atoms with E-state index in [4.69, 9.17) is 4.74 Å². The number of hydrogen-bond acceptors (Lipinski definition) is 5. The van der Waals surface area contributed by atoms with Crippen molar-refractivity contribution in [1.29, 1.82) is 0 Å². The summed E-state index contributed by atoms with van der Waals surface area (Å²) in [5.41, 5.74) is 0. The Hall–Kier alpha value is -3.74. The van der Waals surface area contributed by atoms with Crippen molar-refractivity contribution in [3.8, 4) is 0 Å². The Morgan fingerprint density at radius 3 is 1.42 bits per heavy atom. The average molecular weight is 788 g/mol. The monoisotopic (exact) mass is 788 g/mol. The third-order valence-electron chi connectivity index (χ3n) is 9.29. The van der Waals surface area contributed by atoms with Crippen molar-refractivity contribution in [2.75, 3.05) is 6.61 Å². The second-order valence-electron chi connectivity index (χ2n) is 14.6. The van der Waals surface area contributed by atoms with E-state index in [0.29, 0.717) is 19.3 Å². The van der Waals surface area contributed by atoms with E-state index in [1.54, 1.807) is 0 Å². The van der Waals surface area contributed by atoms with Gasteiger partial charge in [0.25, 0.3) is 0 Å². The summed E-state index contributed by atoms with van der Waals surface area (Å²) in [5, 5.41) is 23.6. The first-order valence-corrected chi connectivity index (χ1v) is 22.4. The predicted molar refractivity (Wildman–Crippen MR) is 245 cm³/mol. The van der Waals surface area contributed by atoms with Crippen LogP contribution in [0.1, 0.15) is 162 Å². The summed E-state index contributed by atoms with van der Waals surface area (Å²) in [6, 6.07) is -0.761. The maximum atomic E-state index is 13.1. The number of carbonyl (C=O) groups excluding carboxylic acids is 2. The highest BCUT2D eigenvalue weighted by Gasteiger charge is 2.23. The van der Waals surface area contributed by atoms with E-state index in [9.17, 15) is 19.8 Å². The molecule has 0 aromatic rings. The van der Waals surface area contributed by atoms with Gasteiger partial charge in [0, 0.05) is 12.8 Å². The first kappa shape index (κ1) is 53.3. The average Bonchev–Trinajstić information content (AvgIpc) is 3.20. The molecule has 0 spiro atoms. The van der Waals surface area contributed by atoms with Gasteiger partial charge in [0.15, 0.2) is 0 Å². The van der Waals surface area contributed by atoms with Gasteiger partial charge in [-0.1, -0.05) is 232 Å². The van der Waals surface area contributed by atoms with Crippen LogP contribution >= 0.6 is 0 Å². The van der Waals surface area contributed by atoms with Crippen LogP contribution in [0.4, 0.5) is 0 Å². The fourth-order valence-electron chi connectivity index (χ4n) is 5.95. The molecule has 0 aromatic carbocycles. The smallest absolute Gasteiger partial charge is 0.306 e. The number of allylic oxidation sites excluding steroid dienone is 19. The van der Waals surface area contributed by atoms with Gasteiger partial charge in [0.2, 0.25) is 5.91 Å². The topological polar surface area (TPSA) is 95.9 Å². The lowest BCUT2D eigenvalue weighted by Gasteiger charge is -2.24. The molecule has 0 saturated heterocycles. The van der Waals surface area contributed by atoms with E-state index < -0.39 is 18.2 Å². The number of nitrogens with one attached hydrogen (secondary N) is 1. The molecule has 3 unspecified atom stereocenters. The van der Waals surface area contributed by atoms with Gasteiger partial charge in [0.1, 0.15) is 6.10 Å². The van der Waals surface area contributed by atoms with Gasteiger partial charge < -0.3 is 20.3 Å². The molecule has 0 radical (unpaired) electrons. The van der Waals surface area contributed by atoms with Crippen molar-refractivity contribution in [2.45, 2.75) is 180 Å². The maximum Gasteiger partial charge on any atom is 0.306 e. The molecule has 0 fully saturated rings. The Morgan fingerprint density at radius 1 is 0.544 bits per heavy atom. The van der Waals surface area contributed by atoms with E-state index in [2.05, 4.69) is 38.2 Å². The number of ether oxygens (including phenoxy) is 1. The van der Waals surface area contributed by atoms with Crippen molar-refractivity contribution in [2.24, 2.45) is 0 Å². The lowest BCUT2D eigenvalue weighted by molar-refractivity contribution is -0.150. The van der Waals surface area contributed by atoms with Crippen LogP contribution in [-0.4, -0.2) is 46.9 Å². The van der Waals surface area contributed by atoms with Crippen LogP contribution in [0.3, 0.4) is 0 Å². The number of aliphatic hydroxyl groups excluding tert-OH is 2. The van der Waals surface area contributed by atoms with Crippen LogP contribution in [0.15, 0.2) is 122 Å². The molecule has 0 aliphatic rings. The van der Waals surface area contributed by atoms with Gasteiger partial charge in [-0.3, -0.25) is 9.59 Å². The minimum Gasteiger partial charge on any atom is -0.461 e. The number of hydrogen-bond donors (Lipinski definition) is 3. The normalized spacial score (nSPS) is 14.5. The van der Waals surface area contributed by atoms with Crippen LogP contribution < -0.4 is 5.32 Å².